The largest absolute Gasteiger partial charge is 0.471 e. The molecule has 3 heterocycles. The molecule has 12 heteroatoms. The maximum absolute atomic E-state index is 13.8. The highest BCUT2D eigenvalue weighted by Crippen LogP contribution is 2.65. The van der Waals surface area contributed by atoms with Gasteiger partial charge in [-0.1, -0.05) is 40.7 Å². The van der Waals surface area contributed by atoms with Crippen LogP contribution in [0.5, 0.6) is 0 Å². The number of hydrogen-bond donors (Lipinski definition) is 2. The van der Waals surface area contributed by atoms with Gasteiger partial charge in [0.25, 0.3) is 0 Å². The highest BCUT2D eigenvalue weighted by atomic mass is 19.4. The molecule has 0 radical (unpaired) electrons. The van der Waals surface area contributed by atoms with Crippen LogP contribution in [-0.2, 0) is 14.4 Å². The van der Waals surface area contributed by atoms with Gasteiger partial charge in [0, 0.05) is 42.5 Å². The number of rotatable bonds is 6. The molecule has 3 amide bonds. The number of carbonyl (C=O) groups is 3. The molecular formula is C28H31F3N6O3. The molecule has 2 aliphatic rings. The molecule has 1 saturated heterocycles. The minimum Gasteiger partial charge on any atom is -0.336 e. The molecule has 1 saturated carbocycles. The van der Waals surface area contributed by atoms with Crippen LogP contribution in [-0.4, -0.2) is 57.4 Å². The Morgan fingerprint density at radius 3 is 2.35 bits per heavy atom. The number of nitriles is 1. The van der Waals surface area contributed by atoms with Gasteiger partial charge in [-0.05, 0) is 40.4 Å². The van der Waals surface area contributed by atoms with E-state index in [9.17, 15) is 32.8 Å². The molecule has 1 aliphatic carbocycles. The normalized spacial score (nSPS) is 22.9. The van der Waals surface area contributed by atoms with E-state index in [1.54, 1.807) is 36.8 Å². The van der Waals surface area contributed by atoms with Crippen molar-refractivity contribution in [2.24, 2.45) is 22.7 Å². The van der Waals surface area contributed by atoms with Gasteiger partial charge in [-0.2, -0.15) is 18.4 Å². The van der Waals surface area contributed by atoms with Crippen LogP contribution in [0.25, 0.3) is 11.1 Å². The van der Waals surface area contributed by atoms with Crippen molar-refractivity contribution in [3.05, 3.63) is 48.5 Å². The molecule has 0 spiro atoms. The second kappa shape index (κ2) is 10.2. The van der Waals surface area contributed by atoms with Gasteiger partial charge < -0.3 is 15.5 Å². The van der Waals surface area contributed by atoms with Crippen molar-refractivity contribution in [3.63, 3.8) is 0 Å². The molecule has 2 fully saturated rings. The zero-order valence-electron chi connectivity index (χ0n) is 22.8. The average Bonchev–Trinajstić information content (AvgIpc) is 3.22. The summed E-state index contributed by atoms with van der Waals surface area (Å²) in [6.07, 6.45) is 1.07. The Bertz CT molecular complexity index is 1350. The summed E-state index contributed by atoms with van der Waals surface area (Å²) < 4.78 is 39.2. The fraction of sp³-hybridized carbons (Fsp3) is 0.500. The molecule has 2 N–H and O–H groups in total. The number of carbonyl (C=O) groups excluding carboxylic acids is 3. The van der Waals surface area contributed by atoms with Gasteiger partial charge >= 0.3 is 12.1 Å². The average molecular weight is 557 g/mol. The van der Waals surface area contributed by atoms with Crippen molar-refractivity contribution >= 4 is 17.7 Å². The van der Waals surface area contributed by atoms with Gasteiger partial charge in [0.05, 0.1) is 6.07 Å². The van der Waals surface area contributed by atoms with Crippen LogP contribution in [0.3, 0.4) is 0 Å². The monoisotopic (exact) mass is 556 g/mol. The van der Waals surface area contributed by atoms with E-state index in [1.165, 1.54) is 31.9 Å². The van der Waals surface area contributed by atoms with E-state index >= 15 is 0 Å². The predicted molar refractivity (Wildman–Crippen MR) is 138 cm³/mol. The Morgan fingerprint density at radius 1 is 1.10 bits per heavy atom. The summed E-state index contributed by atoms with van der Waals surface area (Å²) in [5.41, 5.74) is 0.414. The zero-order chi connectivity index (χ0) is 29.6. The zero-order valence-corrected chi connectivity index (χ0v) is 22.8. The van der Waals surface area contributed by atoms with Gasteiger partial charge in [0.1, 0.15) is 18.1 Å². The lowest BCUT2D eigenvalue weighted by atomic mass is 9.85. The van der Waals surface area contributed by atoms with E-state index in [2.05, 4.69) is 21.4 Å². The lowest BCUT2D eigenvalue weighted by molar-refractivity contribution is -0.176. The first-order valence-electron chi connectivity index (χ1n) is 12.8. The van der Waals surface area contributed by atoms with Crippen LogP contribution < -0.4 is 10.6 Å². The molecule has 4 rings (SSSR count). The third kappa shape index (κ3) is 5.37. The van der Waals surface area contributed by atoms with Gasteiger partial charge in [-0.15, -0.1) is 0 Å². The summed E-state index contributed by atoms with van der Waals surface area (Å²) in [7, 11) is 0. The lowest BCUT2D eigenvalue weighted by Crippen LogP contribution is -2.60. The Balaban J connectivity index is 1.63. The number of fused-ring (bicyclic) bond motifs is 1. The minimum atomic E-state index is -5.18. The fourth-order valence-electron chi connectivity index (χ4n) is 5.67. The number of alkyl halides is 3. The first kappa shape index (κ1) is 29.0. The predicted octanol–water partition coefficient (Wildman–Crippen LogP) is 3.40. The summed E-state index contributed by atoms with van der Waals surface area (Å²) in [4.78, 5) is 48.7. The summed E-state index contributed by atoms with van der Waals surface area (Å²) in [6, 6.07) is 3.64. The summed E-state index contributed by atoms with van der Waals surface area (Å²) >= 11 is 0. The Labute approximate surface area is 230 Å². The number of pyridine rings is 2. The molecule has 212 valence electrons. The molecule has 2 aromatic rings. The highest BCUT2D eigenvalue weighted by Gasteiger charge is 2.70. The Morgan fingerprint density at radius 2 is 1.77 bits per heavy atom. The molecular weight excluding hydrogens is 525 g/mol. The van der Waals surface area contributed by atoms with Gasteiger partial charge in [0.15, 0.2) is 0 Å². The third-order valence-corrected chi connectivity index (χ3v) is 7.96. The maximum Gasteiger partial charge on any atom is 0.471 e. The highest BCUT2D eigenvalue weighted by molar-refractivity contribution is 5.95. The van der Waals surface area contributed by atoms with Crippen LogP contribution in [0.2, 0.25) is 0 Å². The first-order chi connectivity index (χ1) is 18.6. The molecule has 1 unspecified atom stereocenters. The smallest absolute Gasteiger partial charge is 0.336 e. The van der Waals surface area contributed by atoms with Crippen LogP contribution in [0.4, 0.5) is 13.2 Å². The number of piperidine rings is 1. The first-order valence-corrected chi connectivity index (χ1v) is 12.8. The number of amides is 3. The van der Waals surface area contributed by atoms with Gasteiger partial charge in [-0.3, -0.25) is 24.4 Å². The summed E-state index contributed by atoms with van der Waals surface area (Å²) in [5, 5.41) is 14.6. The molecule has 5 atom stereocenters. The van der Waals surface area contributed by atoms with Gasteiger partial charge in [0.2, 0.25) is 11.8 Å². The topological polar surface area (TPSA) is 128 Å². The molecule has 0 bridgehead atoms. The molecule has 1 aliphatic heterocycles. The molecule has 2 aromatic heterocycles. The van der Waals surface area contributed by atoms with E-state index in [0.29, 0.717) is 16.7 Å². The second-order valence-corrected chi connectivity index (χ2v) is 11.9. The van der Waals surface area contributed by atoms with E-state index < -0.39 is 47.4 Å². The van der Waals surface area contributed by atoms with Crippen LogP contribution in [0.15, 0.2) is 43.0 Å². The van der Waals surface area contributed by atoms with Crippen molar-refractivity contribution in [1.82, 2.24) is 25.5 Å². The molecule has 9 nitrogen and oxygen atoms in total. The van der Waals surface area contributed by atoms with E-state index in [-0.39, 0.29) is 23.8 Å². The second-order valence-electron chi connectivity index (χ2n) is 11.9. The van der Waals surface area contributed by atoms with Crippen molar-refractivity contribution in [2.75, 3.05) is 6.54 Å². The quantitative estimate of drug-likeness (QED) is 0.562. The van der Waals surface area contributed by atoms with Crippen molar-refractivity contribution in [2.45, 2.75) is 58.9 Å². The Hall–Kier alpha value is -4.01. The van der Waals surface area contributed by atoms with Crippen LogP contribution in [0.1, 0.15) is 46.2 Å². The minimum absolute atomic E-state index is 0.0592. The van der Waals surface area contributed by atoms with Crippen molar-refractivity contribution < 1.29 is 27.6 Å². The fourth-order valence-corrected chi connectivity index (χ4v) is 5.67. The number of nitrogens with one attached hydrogen (secondary N) is 2. The van der Waals surface area contributed by atoms with Crippen molar-refractivity contribution in [1.29, 1.82) is 5.26 Å². The van der Waals surface area contributed by atoms with E-state index in [4.69, 9.17) is 0 Å². The number of aromatic nitrogens is 2. The number of halogens is 3. The van der Waals surface area contributed by atoms with Crippen LogP contribution in [0, 0.1) is 34.0 Å². The maximum atomic E-state index is 13.8. The van der Waals surface area contributed by atoms with E-state index in [1.807, 2.05) is 19.2 Å². The van der Waals surface area contributed by atoms with Gasteiger partial charge in [-0.25, -0.2) is 0 Å². The summed E-state index contributed by atoms with van der Waals surface area (Å²) in [5.74, 6) is -3.93. The Kier molecular flexibility index (Phi) is 7.38. The summed E-state index contributed by atoms with van der Waals surface area (Å²) in [6.45, 7) is 8.68. The van der Waals surface area contributed by atoms with E-state index in [0.717, 1.165) is 0 Å². The SMILES string of the molecule is CC(C)(C)[C@H](NC(=O)C(F)(F)F)C(=O)N1C[C@H]2[C@@H]([C@H]1C(=O)NC(C#N)c1cnccc1-c1cccnc1)C2(C)C. The third-order valence-electron chi connectivity index (χ3n) is 7.96. The number of likely N-dealkylation sites (tertiary alicyclic amines) is 1. The van der Waals surface area contributed by atoms with Crippen LogP contribution >= 0.6 is 0 Å². The lowest BCUT2D eigenvalue weighted by Gasteiger charge is -2.37. The molecule has 0 aromatic carbocycles. The number of hydrogen-bond acceptors (Lipinski definition) is 6. The van der Waals surface area contributed by atoms with Crippen molar-refractivity contribution in [3.8, 4) is 17.2 Å². The standard InChI is InChI=1S/C28H31F3N6O3/c1-26(2,3)22(36-25(40)28(29,30)31)24(39)37-14-18-20(27(18,4)5)21(37)23(38)35-19(11-32)17-13-34-10-8-16(17)15-7-6-9-33-12-15/h6-10,12-13,18-22H,14H2,1-5H3,(H,35,38)(H,36,40)/t18-,19?,20-,21-,22+/m0/s1. The molecule has 40 heavy (non-hydrogen) atoms. The number of nitrogens with zero attached hydrogens (tertiary/aromatic N) is 4.